The average Bonchev–Trinajstić information content (AvgIpc) is 2.48. The molecule has 0 aromatic heterocycles. The first kappa shape index (κ1) is 15.3. The molecule has 19 heavy (non-hydrogen) atoms. The van der Waals surface area contributed by atoms with Gasteiger partial charge in [0, 0.05) is 11.6 Å². The molecule has 3 heteroatoms. The highest BCUT2D eigenvalue weighted by Gasteiger charge is 2.37. The Kier molecular flexibility index (Phi) is 5.67. The molecule has 2 aliphatic rings. The van der Waals surface area contributed by atoms with E-state index in [1.165, 1.54) is 45.2 Å². The van der Waals surface area contributed by atoms with Gasteiger partial charge in [0.05, 0.1) is 6.61 Å². The van der Waals surface area contributed by atoms with Crippen LogP contribution < -0.4 is 5.32 Å². The topological polar surface area (TPSA) is 35.5 Å². The Balaban J connectivity index is 1.90. The third-order valence-corrected chi connectivity index (χ3v) is 5.42. The molecular weight excluding hydrogens is 236 g/mol. The smallest absolute Gasteiger partial charge is 0.0613 e. The number of likely N-dealkylation sites (N-methyl/N-ethyl adjacent to an activating group) is 1. The Morgan fingerprint density at radius 2 is 1.95 bits per heavy atom. The molecule has 2 unspecified atom stereocenters. The number of likely N-dealkylation sites (tertiary alicyclic amines) is 1. The Morgan fingerprint density at radius 3 is 2.53 bits per heavy atom. The molecule has 1 saturated heterocycles. The second-order valence-electron chi connectivity index (χ2n) is 6.61. The lowest BCUT2D eigenvalue weighted by Crippen LogP contribution is -2.56. The first-order valence-electron chi connectivity index (χ1n) is 8.33. The van der Waals surface area contributed by atoms with Crippen LogP contribution in [0.3, 0.4) is 0 Å². The van der Waals surface area contributed by atoms with Crippen molar-refractivity contribution in [2.75, 3.05) is 26.2 Å². The van der Waals surface area contributed by atoms with Gasteiger partial charge in [0.1, 0.15) is 0 Å². The summed E-state index contributed by atoms with van der Waals surface area (Å²) in [7, 11) is 0. The van der Waals surface area contributed by atoms with Gasteiger partial charge >= 0.3 is 0 Å². The maximum Gasteiger partial charge on any atom is 0.0613 e. The van der Waals surface area contributed by atoms with Gasteiger partial charge in [-0.2, -0.15) is 0 Å². The lowest BCUT2D eigenvalue weighted by molar-refractivity contribution is 0.0430. The van der Waals surface area contributed by atoms with Gasteiger partial charge in [-0.25, -0.2) is 0 Å². The Bertz CT molecular complexity index is 259. The molecule has 0 amide bonds. The van der Waals surface area contributed by atoms with Crippen molar-refractivity contribution in [2.45, 2.75) is 70.4 Å². The number of aliphatic hydroxyl groups excluding tert-OH is 1. The Morgan fingerprint density at radius 1 is 1.21 bits per heavy atom. The van der Waals surface area contributed by atoms with Crippen LogP contribution >= 0.6 is 0 Å². The van der Waals surface area contributed by atoms with Crippen molar-refractivity contribution in [3.8, 4) is 0 Å². The van der Waals surface area contributed by atoms with E-state index in [0.717, 1.165) is 25.3 Å². The van der Waals surface area contributed by atoms with Gasteiger partial charge < -0.3 is 15.3 Å². The summed E-state index contributed by atoms with van der Waals surface area (Å²) in [6.07, 6.45) is 8.94. The van der Waals surface area contributed by atoms with Crippen molar-refractivity contribution < 1.29 is 5.11 Å². The zero-order valence-electron chi connectivity index (χ0n) is 12.8. The molecule has 1 aliphatic heterocycles. The Hall–Kier alpha value is -0.120. The summed E-state index contributed by atoms with van der Waals surface area (Å²) in [5.41, 5.74) is -0.000723. The van der Waals surface area contributed by atoms with Crippen molar-refractivity contribution >= 4 is 0 Å². The van der Waals surface area contributed by atoms with Crippen molar-refractivity contribution in [1.29, 1.82) is 0 Å². The van der Waals surface area contributed by atoms with E-state index in [1.54, 1.807) is 0 Å². The van der Waals surface area contributed by atoms with Gasteiger partial charge in [0.2, 0.25) is 0 Å². The van der Waals surface area contributed by atoms with Crippen LogP contribution in [0.15, 0.2) is 0 Å². The van der Waals surface area contributed by atoms with Crippen LogP contribution in [-0.2, 0) is 0 Å². The molecule has 2 N–H and O–H groups in total. The molecular formula is C16H32N2O. The van der Waals surface area contributed by atoms with Crippen LogP contribution in [0.1, 0.15) is 58.8 Å². The van der Waals surface area contributed by atoms with E-state index in [-0.39, 0.29) is 5.54 Å². The molecule has 2 fully saturated rings. The summed E-state index contributed by atoms with van der Waals surface area (Å²) < 4.78 is 0. The molecule has 112 valence electrons. The Labute approximate surface area is 118 Å². The average molecular weight is 268 g/mol. The zero-order chi connectivity index (χ0) is 13.7. The van der Waals surface area contributed by atoms with E-state index in [9.17, 15) is 5.11 Å². The SMILES string of the molecule is CCNC1(CO)CCCC(N2CCC(CC)CC2)C1. The van der Waals surface area contributed by atoms with E-state index < -0.39 is 0 Å². The second-order valence-corrected chi connectivity index (χ2v) is 6.61. The van der Waals surface area contributed by atoms with Crippen molar-refractivity contribution in [1.82, 2.24) is 10.2 Å². The largest absolute Gasteiger partial charge is 0.394 e. The molecule has 0 bridgehead atoms. The summed E-state index contributed by atoms with van der Waals surface area (Å²) in [6, 6.07) is 0.692. The van der Waals surface area contributed by atoms with Crippen molar-refractivity contribution in [3.05, 3.63) is 0 Å². The van der Waals surface area contributed by atoms with Gasteiger partial charge in [-0.15, -0.1) is 0 Å². The number of nitrogens with one attached hydrogen (secondary N) is 1. The summed E-state index contributed by atoms with van der Waals surface area (Å²) in [5, 5.41) is 13.3. The van der Waals surface area contributed by atoms with E-state index in [2.05, 4.69) is 24.1 Å². The van der Waals surface area contributed by atoms with Crippen LogP contribution in [0, 0.1) is 5.92 Å². The summed E-state index contributed by atoms with van der Waals surface area (Å²) in [6.45, 7) is 8.28. The highest BCUT2D eigenvalue weighted by Crippen LogP contribution is 2.33. The van der Waals surface area contributed by atoms with E-state index in [1.807, 2.05) is 0 Å². The minimum Gasteiger partial charge on any atom is -0.394 e. The van der Waals surface area contributed by atoms with Crippen LogP contribution in [0.25, 0.3) is 0 Å². The molecule has 3 nitrogen and oxygen atoms in total. The molecule has 1 saturated carbocycles. The first-order chi connectivity index (χ1) is 9.23. The lowest BCUT2D eigenvalue weighted by Gasteiger charge is -2.46. The fourth-order valence-corrected chi connectivity index (χ4v) is 4.10. The minimum absolute atomic E-state index is 0.000723. The molecule has 2 atom stereocenters. The summed E-state index contributed by atoms with van der Waals surface area (Å²) >= 11 is 0. The normalized spacial score (nSPS) is 34.6. The van der Waals surface area contributed by atoms with Gasteiger partial charge in [-0.1, -0.05) is 20.3 Å². The predicted molar refractivity (Wildman–Crippen MR) is 80.3 cm³/mol. The number of piperidine rings is 1. The number of aliphatic hydroxyl groups is 1. The maximum absolute atomic E-state index is 9.79. The monoisotopic (exact) mass is 268 g/mol. The highest BCUT2D eigenvalue weighted by atomic mass is 16.3. The molecule has 1 aliphatic carbocycles. The third-order valence-electron chi connectivity index (χ3n) is 5.42. The predicted octanol–water partition coefficient (Wildman–Crippen LogP) is 2.39. The standard InChI is InChI=1S/C16H32N2O/c1-3-14-7-10-18(11-8-14)15-6-5-9-16(12-15,13-19)17-4-2/h14-15,17,19H,3-13H2,1-2H3. The lowest BCUT2D eigenvalue weighted by atomic mass is 9.78. The second kappa shape index (κ2) is 7.05. The molecule has 0 radical (unpaired) electrons. The van der Waals surface area contributed by atoms with Crippen LogP contribution in [0.5, 0.6) is 0 Å². The quantitative estimate of drug-likeness (QED) is 0.803. The molecule has 2 rings (SSSR count). The minimum atomic E-state index is -0.000723. The fourth-order valence-electron chi connectivity index (χ4n) is 4.10. The zero-order valence-corrected chi connectivity index (χ0v) is 12.8. The van der Waals surface area contributed by atoms with Crippen molar-refractivity contribution in [3.63, 3.8) is 0 Å². The third kappa shape index (κ3) is 3.71. The fraction of sp³-hybridized carbons (Fsp3) is 1.00. The van der Waals surface area contributed by atoms with E-state index in [4.69, 9.17) is 0 Å². The number of rotatable bonds is 5. The molecule has 0 spiro atoms. The summed E-state index contributed by atoms with van der Waals surface area (Å²) in [5.74, 6) is 0.955. The van der Waals surface area contributed by atoms with Gasteiger partial charge in [-0.3, -0.25) is 0 Å². The summed E-state index contributed by atoms with van der Waals surface area (Å²) in [4.78, 5) is 2.70. The molecule has 0 aromatic rings. The number of nitrogens with zero attached hydrogens (tertiary/aromatic N) is 1. The van der Waals surface area contributed by atoms with Gasteiger partial charge in [0.25, 0.3) is 0 Å². The highest BCUT2D eigenvalue weighted by molar-refractivity contribution is 4.96. The van der Waals surface area contributed by atoms with Crippen LogP contribution in [-0.4, -0.2) is 47.8 Å². The van der Waals surface area contributed by atoms with Crippen LogP contribution in [0.4, 0.5) is 0 Å². The van der Waals surface area contributed by atoms with Gasteiger partial charge in [-0.05, 0) is 64.1 Å². The first-order valence-corrected chi connectivity index (χ1v) is 8.33. The van der Waals surface area contributed by atoms with Gasteiger partial charge in [0.15, 0.2) is 0 Å². The number of hydrogen-bond acceptors (Lipinski definition) is 3. The van der Waals surface area contributed by atoms with Crippen LogP contribution in [0.2, 0.25) is 0 Å². The molecule has 1 heterocycles. The van der Waals surface area contributed by atoms with Crippen molar-refractivity contribution in [2.24, 2.45) is 5.92 Å². The molecule has 0 aromatic carbocycles. The number of hydrogen-bond donors (Lipinski definition) is 2. The van der Waals surface area contributed by atoms with E-state index in [0.29, 0.717) is 12.6 Å². The van der Waals surface area contributed by atoms with E-state index >= 15 is 0 Å². The maximum atomic E-state index is 9.79.